The predicted octanol–water partition coefficient (Wildman–Crippen LogP) is 0.544. The van der Waals surface area contributed by atoms with Crippen LogP contribution in [0.2, 0.25) is 5.15 Å². The van der Waals surface area contributed by atoms with Gasteiger partial charge in [0.2, 0.25) is 15.0 Å². The quantitative estimate of drug-likeness (QED) is 0.752. The summed E-state index contributed by atoms with van der Waals surface area (Å²) in [5.41, 5.74) is 0. The van der Waals surface area contributed by atoms with E-state index >= 15 is 0 Å². The van der Waals surface area contributed by atoms with Crippen molar-refractivity contribution >= 4 is 21.4 Å². The third kappa shape index (κ3) is 2.43. The van der Waals surface area contributed by atoms with Gasteiger partial charge >= 0.3 is 0 Å². The van der Waals surface area contributed by atoms with E-state index in [0.29, 0.717) is 0 Å². The van der Waals surface area contributed by atoms with Gasteiger partial charge < -0.3 is 4.74 Å². The fourth-order valence-corrected chi connectivity index (χ4v) is 1.94. The fourth-order valence-electron chi connectivity index (χ4n) is 0.896. The molecule has 5 nitrogen and oxygen atoms in total. The molecule has 0 unspecified atom stereocenters. The third-order valence-corrected chi connectivity index (χ3v) is 2.48. The zero-order valence-electron chi connectivity index (χ0n) is 7.19. The minimum Gasteiger partial charge on any atom is -0.364 e. The first-order valence-electron chi connectivity index (χ1n) is 3.37. The molecule has 0 aliphatic heterocycles. The van der Waals surface area contributed by atoms with Crippen LogP contribution in [0.1, 0.15) is 0 Å². The molecule has 0 aliphatic carbocycles. The maximum Gasteiger partial charge on any atom is 0.230 e. The number of halogens is 1. The van der Waals surface area contributed by atoms with Crippen molar-refractivity contribution in [2.45, 2.75) is 11.9 Å². The highest BCUT2D eigenvalue weighted by molar-refractivity contribution is 7.90. The van der Waals surface area contributed by atoms with E-state index in [4.69, 9.17) is 16.3 Å². The van der Waals surface area contributed by atoms with E-state index in [1.165, 1.54) is 17.9 Å². The van der Waals surface area contributed by atoms with Gasteiger partial charge in [-0.2, -0.15) is 0 Å². The molecule has 0 saturated heterocycles. The number of imidazole rings is 1. The Morgan fingerprint density at radius 2 is 2.31 bits per heavy atom. The molecule has 0 aromatic carbocycles. The number of hydrogen-bond donors (Lipinski definition) is 0. The molecule has 0 spiro atoms. The lowest BCUT2D eigenvalue weighted by Gasteiger charge is -2.02. The average molecular weight is 225 g/mol. The second-order valence-electron chi connectivity index (χ2n) is 2.51. The Bertz CT molecular complexity index is 398. The zero-order valence-corrected chi connectivity index (χ0v) is 8.76. The van der Waals surface area contributed by atoms with Crippen LogP contribution < -0.4 is 0 Å². The average Bonchev–Trinajstić information content (AvgIpc) is 2.30. The molecule has 0 atom stereocenters. The fraction of sp³-hybridized carbons (Fsp3) is 0.500. The number of aromatic nitrogens is 2. The first kappa shape index (κ1) is 10.5. The largest absolute Gasteiger partial charge is 0.364 e. The summed E-state index contributed by atoms with van der Waals surface area (Å²) in [6.45, 7) is 0.113. The lowest BCUT2D eigenvalue weighted by Crippen LogP contribution is -2.09. The van der Waals surface area contributed by atoms with Crippen molar-refractivity contribution in [3.05, 3.63) is 11.3 Å². The summed E-state index contributed by atoms with van der Waals surface area (Å²) in [5, 5.41) is 0.0526. The Hall–Kier alpha value is -0.590. The van der Waals surface area contributed by atoms with Crippen LogP contribution in [0.5, 0.6) is 0 Å². The lowest BCUT2D eigenvalue weighted by atomic mass is 10.9. The smallest absolute Gasteiger partial charge is 0.230 e. The van der Waals surface area contributed by atoms with Crippen molar-refractivity contribution in [1.82, 2.24) is 9.55 Å². The summed E-state index contributed by atoms with van der Waals surface area (Å²) >= 11 is 5.56. The van der Waals surface area contributed by atoms with Gasteiger partial charge in [0.05, 0.1) is 0 Å². The molecule has 74 valence electrons. The van der Waals surface area contributed by atoms with Gasteiger partial charge in [0, 0.05) is 19.6 Å². The Labute approximate surface area is 81.2 Å². The van der Waals surface area contributed by atoms with Crippen LogP contribution in [-0.2, 0) is 21.3 Å². The van der Waals surface area contributed by atoms with Gasteiger partial charge in [-0.1, -0.05) is 11.6 Å². The Morgan fingerprint density at radius 3 is 2.77 bits per heavy atom. The van der Waals surface area contributed by atoms with Crippen LogP contribution >= 0.6 is 11.6 Å². The molecular formula is C6H9ClN2O3S. The van der Waals surface area contributed by atoms with Gasteiger partial charge in [0.15, 0.2) is 0 Å². The van der Waals surface area contributed by atoms with Crippen molar-refractivity contribution < 1.29 is 13.2 Å². The van der Waals surface area contributed by atoms with Crippen molar-refractivity contribution in [2.24, 2.45) is 0 Å². The molecule has 0 fully saturated rings. The summed E-state index contributed by atoms with van der Waals surface area (Å²) in [6.07, 6.45) is 2.47. The van der Waals surface area contributed by atoms with Gasteiger partial charge in [-0.05, 0) is 0 Å². The first-order chi connectivity index (χ1) is 5.95. The van der Waals surface area contributed by atoms with Gasteiger partial charge in [-0.3, -0.25) is 4.57 Å². The van der Waals surface area contributed by atoms with E-state index in [2.05, 4.69) is 4.98 Å². The molecule has 0 bridgehead atoms. The molecule has 13 heavy (non-hydrogen) atoms. The summed E-state index contributed by atoms with van der Waals surface area (Å²) in [4.78, 5) is 3.66. The highest BCUT2D eigenvalue weighted by Crippen LogP contribution is 2.13. The minimum absolute atomic E-state index is 0.0839. The highest BCUT2D eigenvalue weighted by Gasteiger charge is 2.16. The maximum atomic E-state index is 11.1. The van der Waals surface area contributed by atoms with Crippen LogP contribution in [-0.4, -0.2) is 31.3 Å². The standard InChI is InChI=1S/C6H9ClN2O3S/c1-12-4-9-3-5(7)8-6(9)13(2,10)11/h3H,4H2,1-2H3. The zero-order chi connectivity index (χ0) is 10.1. The molecule has 1 aromatic rings. The van der Waals surface area contributed by atoms with Crippen LogP contribution in [0.25, 0.3) is 0 Å². The molecule has 0 radical (unpaired) electrons. The molecule has 0 N–H and O–H groups in total. The molecule has 7 heteroatoms. The summed E-state index contributed by atoms with van der Waals surface area (Å²) in [6, 6.07) is 0. The molecule has 1 aromatic heterocycles. The number of nitrogens with zero attached hydrogens (tertiary/aromatic N) is 2. The topological polar surface area (TPSA) is 61.2 Å². The number of ether oxygens (including phenoxy) is 1. The van der Waals surface area contributed by atoms with Crippen molar-refractivity contribution in [1.29, 1.82) is 0 Å². The van der Waals surface area contributed by atoms with E-state index in [9.17, 15) is 8.42 Å². The van der Waals surface area contributed by atoms with Gasteiger partial charge in [-0.25, -0.2) is 13.4 Å². The molecular weight excluding hydrogens is 216 g/mol. The summed E-state index contributed by atoms with van der Waals surface area (Å²) in [5.74, 6) is 0. The second kappa shape index (κ2) is 3.65. The predicted molar refractivity (Wildman–Crippen MR) is 47.4 cm³/mol. The first-order valence-corrected chi connectivity index (χ1v) is 5.63. The SMILES string of the molecule is COCn1cc(Cl)nc1S(C)(=O)=O. The monoisotopic (exact) mass is 224 g/mol. The minimum atomic E-state index is -3.35. The van der Waals surface area contributed by atoms with Crippen LogP contribution in [0.15, 0.2) is 11.4 Å². The van der Waals surface area contributed by atoms with E-state index in [1.54, 1.807) is 0 Å². The van der Waals surface area contributed by atoms with Crippen molar-refractivity contribution in [3.8, 4) is 0 Å². The number of methoxy groups -OCH3 is 1. The van der Waals surface area contributed by atoms with Crippen molar-refractivity contribution in [3.63, 3.8) is 0 Å². The Balaban J connectivity index is 3.20. The number of sulfone groups is 1. The van der Waals surface area contributed by atoms with E-state index < -0.39 is 9.84 Å². The molecule has 1 rings (SSSR count). The van der Waals surface area contributed by atoms with E-state index in [1.807, 2.05) is 0 Å². The normalized spacial score (nSPS) is 11.9. The number of rotatable bonds is 3. The molecule has 0 aliphatic rings. The van der Waals surface area contributed by atoms with Crippen LogP contribution in [0, 0.1) is 0 Å². The second-order valence-corrected chi connectivity index (χ2v) is 4.80. The van der Waals surface area contributed by atoms with E-state index in [-0.39, 0.29) is 17.0 Å². The van der Waals surface area contributed by atoms with Gasteiger partial charge in [-0.15, -0.1) is 0 Å². The summed E-state index contributed by atoms with van der Waals surface area (Å²) in [7, 11) is -1.89. The molecule has 0 saturated carbocycles. The van der Waals surface area contributed by atoms with Crippen molar-refractivity contribution in [2.75, 3.05) is 13.4 Å². The Morgan fingerprint density at radius 1 is 1.69 bits per heavy atom. The van der Waals surface area contributed by atoms with Gasteiger partial charge in [0.1, 0.15) is 11.9 Å². The molecule has 0 amide bonds. The lowest BCUT2D eigenvalue weighted by molar-refractivity contribution is 0.123. The van der Waals surface area contributed by atoms with Crippen LogP contribution in [0.4, 0.5) is 0 Å². The highest BCUT2D eigenvalue weighted by atomic mass is 35.5. The molecule has 1 heterocycles. The summed E-state index contributed by atoms with van der Waals surface area (Å²) < 4.78 is 28.4. The number of hydrogen-bond acceptors (Lipinski definition) is 4. The maximum absolute atomic E-state index is 11.1. The Kier molecular flexibility index (Phi) is 2.94. The third-order valence-electron chi connectivity index (χ3n) is 1.31. The van der Waals surface area contributed by atoms with E-state index in [0.717, 1.165) is 6.26 Å². The van der Waals surface area contributed by atoms with Gasteiger partial charge in [0.25, 0.3) is 0 Å². The van der Waals surface area contributed by atoms with Crippen LogP contribution in [0.3, 0.4) is 0 Å².